The van der Waals surface area contributed by atoms with Crippen LogP contribution in [0.5, 0.6) is 0 Å². The average Bonchev–Trinajstić information content (AvgIpc) is 2.72. The Morgan fingerprint density at radius 3 is 2.88 bits per heavy atom. The number of carboxylic acids is 1. The summed E-state index contributed by atoms with van der Waals surface area (Å²) in [4.78, 5) is 14.1. The van der Waals surface area contributed by atoms with Gasteiger partial charge in [0.25, 0.3) is 0 Å². The SMILES string of the molecule is C#C[C@](N)(Cc1c[nH]c2ccccc12)C(=O)O. The predicted molar refractivity (Wildman–Crippen MR) is 65.4 cm³/mol. The Bertz CT molecular complexity index is 609. The van der Waals surface area contributed by atoms with Crippen LogP contribution in [0.15, 0.2) is 30.5 Å². The third-order valence-electron chi connectivity index (χ3n) is 2.78. The van der Waals surface area contributed by atoms with Crippen molar-refractivity contribution < 1.29 is 9.90 Å². The van der Waals surface area contributed by atoms with E-state index in [-0.39, 0.29) is 6.42 Å². The van der Waals surface area contributed by atoms with E-state index in [0.29, 0.717) is 0 Å². The Morgan fingerprint density at radius 1 is 1.53 bits per heavy atom. The standard InChI is InChI=1S/C13H12N2O2/c1-2-13(14,12(16)17)7-9-8-15-11-6-4-3-5-10(9)11/h1,3-6,8,15H,7,14H2,(H,16,17)/t13-/m0/s1. The molecule has 1 atom stereocenters. The van der Waals surface area contributed by atoms with Gasteiger partial charge in [-0.05, 0) is 11.6 Å². The van der Waals surface area contributed by atoms with Gasteiger partial charge >= 0.3 is 5.97 Å². The highest BCUT2D eigenvalue weighted by Gasteiger charge is 2.32. The van der Waals surface area contributed by atoms with Gasteiger partial charge in [0.05, 0.1) is 0 Å². The minimum Gasteiger partial charge on any atom is -0.479 e. The molecule has 17 heavy (non-hydrogen) atoms. The number of carboxylic acid groups (broad SMARTS) is 1. The quantitative estimate of drug-likeness (QED) is 0.689. The van der Waals surface area contributed by atoms with Crippen LogP contribution in [0.25, 0.3) is 10.9 Å². The number of H-pyrrole nitrogens is 1. The maximum absolute atomic E-state index is 11.0. The number of rotatable bonds is 3. The van der Waals surface area contributed by atoms with E-state index < -0.39 is 11.5 Å². The number of fused-ring (bicyclic) bond motifs is 1. The maximum atomic E-state index is 11.0. The predicted octanol–water partition coefficient (Wildman–Crippen LogP) is 1.13. The van der Waals surface area contributed by atoms with Crippen LogP contribution in [0.4, 0.5) is 0 Å². The van der Waals surface area contributed by atoms with Gasteiger partial charge in [-0.3, -0.25) is 0 Å². The van der Waals surface area contributed by atoms with Crippen molar-refractivity contribution in [2.24, 2.45) is 5.73 Å². The van der Waals surface area contributed by atoms with Crippen molar-refractivity contribution in [3.63, 3.8) is 0 Å². The fourth-order valence-electron chi connectivity index (χ4n) is 1.77. The lowest BCUT2D eigenvalue weighted by molar-refractivity contribution is -0.141. The van der Waals surface area contributed by atoms with Crippen molar-refractivity contribution in [3.05, 3.63) is 36.0 Å². The Morgan fingerprint density at radius 2 is 2.24 bits per heavy atom. The van der Waals surface area contributed by atoms with Crippen molar-refractivity contribution >= 4 is 16.9 Å². The molecule has 0 saturated heterocycles. The van der Waals surface area contributed by atoms with Crippen LogP contribution in [-0.2, 0) is 11.2 Å². The Labute approximate surface area is 98.4 Å². The lowest BCUT2D eigenvalue weighted by atomic mass is 9.93. The molecule has 4 nitrogen and oxygen atoms in total. The fraction of sp³-hybridized carbons (Fsp3) is 0.154. The maximum Gasteiger partial charge on any atom is 0.336 e. The van der Waals surface area contributed by atoms with Gasteiger partial charge in [0.2, 0.25) is 0 Å². The second-order valence-corrected chi connectivity index (χ2v) is 3.96. The van der Waals surface area contributed by atoms with Crippen LogP contribution in [0.1, 0.15) is 5.56 Å². The zero-order valence-corrected chi connectivity index (χ0v) is 9.10. The first-order valence-electron chi connectivity index (χ1n) is 5.12. The number of hydrogen-bond acceptors (Lipinski definition) is 2. The van der Waals surface area contributed by atoms with E-state index in [4.69, 9.17) is 17.3 Å². The number of nitrogens with one attached hydrogen (secondary N) is 1. The van der Waals surface area contributed by atoms with Gasteiger partial charge in [0.15, 0.2) is 5.54 Å². The van der Waals surface area contributed by atoms with E-state index in [2.05, 4.69) is 10.9 Å². The van der Waals surface area contributed by atoms with Crippen LogP contribution in [0.2, 0.25) is 0 Å². The van der Waals surface area contributed by atoms with Crippen molar-refractivity contribution in [1.82, 2.24) is 4.98 Å². The number of nitrogens with two attached hydrogens (primary N) is 1. The van der Waals surface area contributed by atoms with E-state index in [0.717, 1.165) is 16.5 Å². The monoisotopic (exact) mass is 228 g/mol. The van der Waals surface area contributed by atoms with Crippen LogP contribution < -0.4 is 5.73 Å². The molecular weight excluding hydrogens is 216 g/mol. The smallest absolute Gasteiger partial charge is 0.336 e. The number of aliphatic carboxylic acids is 1. The number of benzene rings is 1. The van der Waals surface area contributed by atoms with Gasteiger partial charge in [-0.25, -0.2) is 4.79 Å². The van der Waals surface area contributed by atoms with Gasteiger partial charge in [-0.1, -0.05) is 24.1 Å². The molecule has 0 unspecified atom stereocenters. The molecule has 0 aliphatic carbocycles. The summed E-state index contributed by atoms with van der Waals surface area (Å²) >= 11 is 0. The van der Waals surface area contributed by atoms with Gasteiger partial charge in [0, 0.05) is 23.5 Å². The highest BCUT2D eigenvalue weighted by Crippen LogP contribution is 2.21. The third-order valence-corrected chi connectivity index (χ3v) is 2.78. The molecule has 2 rings (SSSR count). The molecule has 0 spiro atoms. The van der Waals surface area contributed by atoms with Gasteiger partial charge in [-0.15, -0.1) is 6.42 Å². The molecule has 4 N–H and O–H groups in total. The van der Waals surface area contributed by atoms with Crippen molar-refractivity contribution in [2.45, 2.75) is 12.0 Å². The summed E-state index contributed by atoms with van der Waals surface area (Å²) in [5.74, 6) is 0.956. The van der Waals surface area contributed by atoms with Crippen LogP contribution in [0, 0.1) is 12.3 Å². The number of carbonyl (C=O) groups is 1. The summed E-state index contributed by atoms with van der Waals surface area (Å²) in [7, 11) is 0. The largest absolute Gasteiger partial charge is 0.479 e. The molecule has 1 heterocycles. The molecule has 1 aromatic carbocycles. The normalized spacial score (nSPS) is 14.1. The second-order valence-electron chi connectivity index (χ2n) is 3.96. The number of hydrogen-bond donors (Lipinski definition) is 3. The first kappa shape index (κ1) is 11.2. The topological polar surface area (TPSA) is 79.1 Å². The zero-order chi connectivity index (χ0) is 12.5. The Hall–Kier alpha value is -2.25. The molecular formula is C13H12N2O2. The summed E-state index contributed by atoms with van der Waals surface area (Å²) in [5, 5.41) is 9.97. The van der Waals surface area contributed by atoms with Gasteiger partial charge in [0.1, 0.15) is 0 Å². The summed E-state index contributed by atoms with van der Waals surface area (Å²) in [6.45, 7) is 0. The molecule has 0 radical (unpaired) electrons. The first-order chi connectivity index (χ1) is 8.07. The minimum atomic E-state index is -1.66. The third kappa shape index (κ3) is 1.88. The summed E-state index contributed by atoms with van der Waals surface area (Å²) in [5.41, 5.74) is 5.76. The van der Waals surface area contributed by atoms with Gasteiger partial charge < -0.3 is 15.8 Å². The van der Waals surface area contributed by atoms with E-state index in [9.17, 15) is 4.79 Å². The van der Waals surface area contributed by atoms with Gasteiger partial charge in [-0.2, -0.15) is 0 Å². The van der Waals surface area contributed by atoms with Crippen molar-refractivity contribution in [2.75, 3.05) is 0 Å². The number of terminal acetylenes is 1. The average molecular weight is 228 g/mol. The molecule has 1 aromatic heterocycles. The van der Waals surface area contributed by atoms with Crippen LogP contribution in [0.3, 0.4) is 0 Å². The molecule has 4 heteroatoms. The lowest BCUT2D eigenvalue weighted by Crippen LogP contribution is -2.48. The summed E-state index contributed by atoms with van der Waals surface area (Å²) in [6.07, 6.45) is 7.05. The number of aromatic amines is 1. The molecule has 0 saturated carbocycles. The second kappa shape index (κ2) is 3.96. The molecule has 0 aliphatic heterocycles. The number of para-hydroxylation sites is 1. The van der Waals surface area contributed by atoms with E-state index in [1.54, 1.807) is 6.20 Å². The zero-order valence-electron chi connectivity index (χ0n) is 9.10. The summed E-state index contributed by atoms with van der Waals surface area (Å²) in [6, 6.07) is 7.60. The first-order valence-corrected chi connectivity index (χ1v) is 5.12. The minimum absolute atomic E-state index is 0.100. The molecule has 0 aliphatic rings. The summed E-state index contributed by atoms with van der Waals surface area (Å²) < 4.78 is 0. The molecule has 0 bridgehead atoms. The number of aromatic nitrogens is 1. The van der Waals surface area contributed by atoms with Crippen molar-refractivity contribution in [1.29, 1.82) is 0 Å². The fourth-order valence-corrected chi connectivity index (χ4v) is 1.77. The van der Waals surface area contributed by atoms with Crippen molar-refractivity contribution in [3.8, 4) is 12.3 Å². The lowest BCUT2D eigenvalue weighted by Gasteiger charge is -2.17. The highest BCUT2D eigenvalue weighted by molar-refractivity contribution is 5.87. The molecule has 0 fully saturated rings. The van der Waals surface area contributed by atoms with Crippen LogP contribution in [-0.4, -0.2) is 21.6 Å². The van der Waals surface area contributed by atoms with E-state index >= 15 is 0 Å². The van der Waals surface area contributed by atoms with E-state index in [1.807, 2.05) is 24.3 Å². The molecule has 2 aromatic rings. The van der Waals surface area contributed by atoms with E-state index in [1.165, 1.54) is 0 Å². The highest BCUT2D eigenvalue weighted by atomic mass is 16.4. The Balaban J connectivity index is 2.43. The Kier molecular flexibility index (Phi) is 2.62. The molecule has 0 amide bonds. The molecule has 86 valence electrons. The van der Waals surface area contributed by atoms with Crippen LogP contribution >= 0.6 is 0 Å².